The second-order valence-corrected chi connectivity index (χ2v) is 8.73. The van der Waals surface area contributed by atoms with Crippen molar-refractivity contribution in [2.45, 2.75) is 18.7 Å². The van der Waals surface area contributed by atoms with E-state index in [0.717, 1.165) is 5.56 Å². The molecule has 1 aliphatic heterocycles. The largest absolute Gasteiger partial charge is 0.494 e. The number of hydrogen-bond donors (Lipinski definition) is 0. The van der Waals surface area contributed by atoms with Crippen molar-refractivity contribution in [1.82, 2.24) is 9.21 Å². The second kappa shape index (κ2) is 9.28. The van der Waals surface area contributed by atoms with Crippen LogP contribution in [-0.2, 0) is 14.8 Å². The van der Waals surface area contributed by atoms with Crippen LogP contribution in [0.4, 0.5) is 0 Å². The third kappa shape index (κ3) is 5.27. The minimum atomic E-state index is -3.59. The highest BCUT2D eigenvalue weighted by Crippen LogP contribution is 2.21. The van der Waals surface area contributed by atoms with Crippen molar-refractivity contribution in [1.29, 1.82) is 0 Å². The number of carbonyl (C=O) groups is 1. The van der Waals surface area contributed by atoms with Gasteiger partial charge in [-0.15, -0.1) is 0 Å². The summed E-state index contributed by atoms with van der Waals surface area (Å²) in [6.45, 7) is 5.51. The number of aryl methyl sites for hydroxylation is 1. The van der Waals surface area contributed by atoms with Crippen molar-refractivity contribution in [3.63, 3.8) is 0 Å². The Kier molecular flexibility index (Phi) is 6.76. The molecule has 0 saturated carbocycles. The monoisotopic (exact) mass is 418 g/mol. The van der Waals surface area contributed by atoms with Gasteiger partial charge in [0, 0.05) is 26.2 Å². The van der Waals surface area contributed by atoms with Crippen LogP contribution in [0.25, 0.3) is 0 Å². The maximum Gasteiger partial charge on any atom is 0.260 e. The van der Waals surface area contributed by atoms with Gasteiger partial charge in [0.25, 0.3) is 5.91 Å². The second-order valence-electron chi connectivity index (χ2n) is 6.79. The Morgan fingerprint density at radius 2 is 1.45 bits per heavy atom. The fourth-order valence-electron chi connectivity index (χ4n) is 3.07. The van der Waals surface area contributed by atoms with Crippen LogP contribution in [0.1, 0.15) is 12.5 Å². The highest BCUT2D eigenvalue weighted by molar-refractivity contribution is 7.89. The van der Waals surface area contributed by atoms with Gasteiger partial charge in [-0.3, -0.25) is 4.79 Å². The van der Waals surface area contributed by atoms with Gasteiger partial charge in [-0.25, -0.2) is 8.42 Å². The third-order valence-corrected chi connectivity index (χ3v) is 6.66. The van der Waals surface area contributed by atoms with Crippen LogP contribution in [0, 0.1) is 6.92 Å². The molecule has 29 heavy (non-hydrogen) atoms. The first-order valence-electron chi connectivity index (χ1n) is 9.60. The normalized spacial score (nSPS) is 15.2. The molecule has 2 aromatic rings. The maximum absolute atomic E-state index is 12.8. The molecule has 1 heterocycles. The molecular weight excluding hydrogens is 392 g/mol. The molecule has 0 unspecified atom stereocenters. The van der Waals surface area contributed by atoms with E-state index < -0.39 is 10.0 Å². The maximum atomic E-state index is 12.8. The third-order valence-electron chi connectivity index (χ3n) is 4.75. The van der Waals surface area contributed by atoms with Gasteiger partial charge in [0.1, 0.15) is 11.5 Å². The summed E-state index contributed by atoms with van der Waals surface area (Å²) < 4.78 is 38.0. The lowest BCUT2D eigenvalue weighted by Gasteiger charge is -2.34. The highest BCUT2D eigenvalue weighted by atomic mass is 32.2. The Morgan fingerprint density at radius 1 is 0.897 bits per heavy atom. The number of sulfonamides is 1. The molecule has 0 bridgehead atoms. The van der Waals surface area contributed by atoms with Gasteiger partial charge >= 0.3 is 0 Å². The van der Waals surface area contributed by atoms with Gasteiger partial charge in [-0.2, -0.15) is 4.31 Å². The standard InChI is InChI=1S/C21H26N2O5S/c1-3-27-18-8-10-20(11-9-18)29(25,26)23-14-12-22(13-15-23)21(24)16-28-19-6-4-17(2)5-7-19/h4-11H,3,12-16H2,1-2H3. The van der Waals surface area contributed by atoms with Gasteiger partial charge in [0.2, 0.25) is 10.0 Å². The van der Waals surface area contributed by atoms with Crippen molar-refractivity contribution in [3.05, 3.63) is 54.1 Å². The van der Waals surface area contributed by atoms with E-state index in [9.17, 15) is 13.2 Å². The molecule has 156 valence electrons. The van der Waals surface area contributed by atoms with Gasteiger partial charge < -0.3 is 14.4 Å². The van der Waals surface area contributed by atoms with E-state index >= 15 is 0 Å². The summed E-state index contributed by atoms with van der Waals surface area (Å²) in [4.78, 5) is 14.2. The zero-order valence-corrected chi connectivity index (χ0v) is 17.5. The number of rotatable bonds is 7. The van der Waals surface area contributed by atoms with E-state index in [2.05, 4.69) is 0 Å². The van der Waals surface area contributed by atoms with Crippen molar-refractivity contribution >= 4 is 15.9 Å². The fourth-order valence-corrected chi connectivity index (χ4v) is 4.49. The first-order chi connectivity index (χ1) is 13.9. The molecule has 0 aromatic heterocycles. The molecule has 1 aliphatic rings. The summed E-state index contributed by atoms with van der Waals surface area (Å²) >= 11 is 0. The van der Waals surface area contributed by atoms with E-state index in [1.54, 1.807) is 29.2 Å². The molecule has 0 N–H and O–H groups in total. The van der Waals surface area contributed by atoms with Gasteiger partial charge in [0.05, 0.1) is 11.5 Å². The smallest absolute Gasteiger partial charge is 0.260 e. The Balaban J connectivity index is 1.53. The van der Waals surface area contributed by atoms with Crippen molar-refractivity contribution < 1.29 is 22.7 Å². The first kappa shape index (κ1) is 21.1. The molecule has 0 radical (unpaired) electrons. The van der Waals surface area contributed by atoms with E-state index in [1.807, 2.05) is 38.1 Å². The molecule has 1 fully saturated rings. The van der Waals surface area contributed by atoms with Crippen LogP contribution in [0.5, 0.6) is 11.5 Å². The molecule has 7 nitrogen and oxygen atoms in total. The van der Waals surface area contributed by atoms with Gasteiger partial charge in [-0.05, 0) is 50.2 Å². The predicted molar refractivity (Wildman–Crippen MR) is 110 cm³/mol. The van der Waals surface area contributed by atoms with Crippen molar-refractivity contribution in [3.8, 4) is 11.5 Å². The summed E-state index contributed by atoms with van der Waals surface area (Å²) in [6.07, 6.45) is 0. The quantitative estimate of drug-likeness (QED) is 0.690. The summed E-state index contributed by atoms with van der Waals surface area (Å²) in [5.41, 5.74) is 1.12. The average Bonchev–Trinajstić information content (AvgIpc) is 2.74. The average molecular weight is 419 g/mol. The lowest BCUT2D eigenvalue weighted by molar-refractivity contribution is -0.134. The van der Waals surface area contributed by atoms with Crippen LogP contribution in [0.2, 0.25) is 0 Å². The number of piperazine rings is 1. The zero-order valence-electron chi connectivity index (χ0n) is 16.7. The number of benzene rings is 2. The molecule has 1 amide bonds. The summed E-state index contributed by atoms with van der Waals surface area (Å²) in [6, 6.07) is 13.9. The minimum Gasteiger partial charge on any atom is -0.494 e. The fraction of sp³-hybridized carbons (Fsp3) is 0.381. The molecule has 1 saturated heterocycles. The van der Waals surface area contributed by atoms with Gasteiger partial charge in [0.15, 0.2) is 6.61 Å². The number of nitrogens with zero attached hydrogens (tertiary/aromatic N) is 2. The SMILES string of the molecule is CCOc1ccc(S(=O)(=O)N2CCN(C(=O)COc3ccc(C)cc3)CC2)cc1. The number of hydrogen-bond acceptors (Lipinski definition) is 5. The Bertz CT molecular complexity index is 919. The summed E-state index contributed by atoms with van der Waals surface area (Å²) in [5.74, 6) is 1.12. The van der Waals surface area contributed by atoms with Crippen LogP contribution in [-0.4, -0.2) is 62.9 Å². The highest BCUT2D eigenvalue weighted by Gasteiger charge is 2.30. The molecule has 8 heteroatoms. The molecular formula is C21H26N2O5S. The minimum absolute atomic E-state index is 0.0608. The number of ether oxygens (including phenoxy) is 2. The van der Waals surface area contributed by atoms with Crippen LogP contribution in [0.15, 0.2) is 53.4 Å². The molecule has 0 atom stereocenters. The lowest BCUT2D eigenvalue weighted by atomic mass is 10.2. The van der Waals surface area contributed by atoms with Gasteiger partial charge in [-0.1, -0.05) is 17.7 Å². The zero-order chi connectivity index (χ0) is 20.9. The molecule has 2 aromatic carbocycles. The summed E-state index contributed by atoms with van der Waals surface area (Å²) in [7, 11) is -3.59. The van der Waals surface area contributed by atoms with Crippen LogP contribution in [0.3, 0.4) is 0 Å². The van der Waals surface area contributed by atoms with E-state index in [0.29, 0.717) is 31.2 Å². The van der Waals surface area contributed by atoms with E-state index in [-0.39, 0.29) is 30.5 Å². The molecule has 3 rings (SSSR count). The topological polar surface area (TPSA) is 76.2 Å². The Hall–Kier alpha value is -2.58. The van der Waals surface area contributed by atoms with Crippen molar-refractivity contribution in [2.24, 2.45) is 0 Å². The number of amides is 1. The van der Waals surface area contributed by atoms with E-state index in [1.165, 1.54) is 4.31 Å². The predicted octanol–water partition coefficient (Wildman–Crippen LogP) is 2.31. The van der Waals surface area contributed by atoms with E-state index in [4.69, 9.17) is 9.47 Å². The molecule has 0 spiro atoms. The van der Waals surface area contributed by atoms with Crippen LogP contribution < -0.4 is 9.47 Å². The van der Waals surface area contributed by atoms with Crippen molar-refractivity contribution in [2.75, 3.05) is 39.4 Å². The Morgan fingerprint density at radius 3 is 2.03 bits per heavy atom. The lowest BCUT2D eigenvalue weighted by Crippen LogP contribution is -2.51. The van der Waals surface area contributed by atoms with Crippen LogP contribution >= 0.6 is 0 Å². The Labute approximate surface area is 171 Å². The number of carbonyl (C=O) groups excluding carboxylic acids is 1. The summed E-state index contributed by atoms with van der Waals surface area (Å²) in [5, 5.41) is 0. The first-order valence-corrected chi connectivity index (χ1v) is 11.0. The molecule has 0 aliphatic carbocycles.